The van der Waals surface area contributed by atoms with Crippen molar-refractivity contribution < 1.29 is 0 Å². The Bertz CT molecular complexity index is 422. The zero-order valence-electron chi connectivity index (χ0n) is 14.3. The van der Waals surface area contributed by atoms with Crippen molar-refractivity contribution in [2.24, 2.45) is 5.41 Å². The molecule has 1 fully saturated rings. The maximum absolute atomic E-state index is 3.63. The molecule has 2 heteroatoms. The average Bonchev–Trinajstić information content (AvgIpc) is 2.47. The minimum atomic E-state index is 0.450. The third kappa shape index (κ3) is 4.47. The molecule has 1 N–H and O–H groups in total. The van der Waals surface area contributed by atoms with Crippen LogP contribution in [0.2, 0.25) is 0 Å². The number of nitrogens with one attached hydrogen (secondary N) is 1. The van der Waals surface area contributed by atoms with E-state index in [-0.39, 0.29) is 0 Å². The highest BCUT2D eigenvalue weighted by atomic mass is 15.1. The van der Waals surface area contributed by atoms with Crippen molar-refractivity contribution in [3.8, 4) is 0 Å². The van der Waals surface area contributed by atoms with E-state index in [1.165, 1.54) is 43.6 Å². The van der Waals surface area contributed by atoms with Gasteiger partial charge in [0.2, 0.25) is 0 Å². The van der Waals surface area contributed by atoms with Gasteiger partial charge in [-0.05, 0) is 55.3 Å². The van der Waals surface area contributed by atoms with Crippen molar-refractivity contribution in [3.05, 3.63) is 29.8 Å². The van der Waals surface area contributed by atoms with E-state index >= 15 is 0 Å². The van der Waals surface area contributed by atoms with Crippen LogP contribution >= 0.6 is 0 Å². The highest BCUT2D eigenvalue weighted by molar-refractivity contribution is 5.48. The molecule has 1 aliphatic rings. The summed E-state index contributed by atoms with van der Waals surface area (Å²) in [5.74, 6) is 0. The molecule has 118 valence electrons. The Morgan fingerprint density at radius 2 is 1.90 bits per heavy atom. The van der Waals surface area contributed by atoms with Crippen LogP contribution in [-0.2, 0) is 0 Å². The third-order valence-electron chi connectivity index (χ3n) is 4.61. The minimum Gasteiger partial charge on any atom is -0.371 e. The molecule has 1 saturated heterocycles. The lowest BCUT2D eigenvalue weighted by atomic mass is 9.84. The molecule has 1 aliphatic heterocycles. The molecule has 1 atom stereocenters. The quantitative estimate of drug-likeness (QED) is 0.811. The van der Waals surface area contributed by atoms with Gasteiger partial charge in [-0.25, -0.2) is 0 Å². The summed E-state index contributed by atoms with van der Waals surface area (Å²) < 4.78 is 0. The monoisotopic (exact) mass is 288 g/mol. The summed E-state index contributed by atoms with van der Waals surface area (Å²) in [6.07, 6.45) is 5.00. The van der Waals surface area contributed by atoms with Crippen LogP contribution in [0.1, 0.15) is 65.0 Å². The summed E-state index contributed by atoms with van der Waals surface area (Å²) in [5, 5.41) is 3.63. The molecule has 0 spiro atoms. The number of rotatable bonds is 6. The smallest absolute Gasteiger partial charge is 0.0366 e. The molecular weight excluding hydrogens is 256 g/mol. The van der Waals surface area contributed by atoms with E-state index in [0.29, 0.717) is 11.5 Å². The van der Waals surface area contributed by atoms with Crippen LogP contribution in [0.4, 0.5) is 5.69 Å². The van der Waals surface area contributed by atoms with Gasteiger partial charge in [0.15, 0.2) is 0 Å². The van der Waals surface area contributed by atoms with E-state index in [0.717, 1.165) is 13.0 Å². The second-order valence-electron chi connectivity index (χ2n) is 7.20. The molecule has 1 aromatic carbocycles. The number of anilines is 1. The molecule has 0 saturated carbocycles. The van der Waals surface area contributed by atoms with Crippen molar-refractivity contribution in [1.82, 2.24) is 5.32 Å². The molecule has 1 aromatic rings. The van der Waals surface area contributed by atoms with E-state index in [9.17, 15) is 0 Å². The maximum atomic E-state index is 3.63. The van der Waals surface area contributed by atoms with Gasteiger partial charge in [-0.2, -0.15) is 0 Å². The standard InChI is InChI=1S/C19H32N2/c1-5-13-20-18(6-2)16-8-10-17(11-9-16)21-14-7-12-19(3,4)15-21/h8-11,18,20H,5-7,12-15H2,1-4H3. The van der Waals surface area contributed by atoms with Crippen molar-refractivity contribution in [2.75, 3.05) is 24.5 Å². The minimum absolute atomic E-state index is 0.450. The predicted octanol–water partition coefficient (Wildman–Crippen LogP) is 4.76. The first-order chi connectivity index (χ1) is 10.1. The lowest BCUT2D eigenvalue weighted by Gasteiger charge is -2.39. The molecule has 0 bridgehead atoms. The molecule has 21 heavy (non-hydrogen) atoms. The maximum Gasteiger partial charge on any atom is 0.0366 e. The Kier molecular flexibility index (Phi) is 5.69. The van der Waals surface area contributed by atoms with Crippen LogP contribution in [0.25, 0.3) is 0 Å². The first kappa shape index (κ1) is 16.4. The fourth-order valence-corrected chi connectivity index (χ4v) is 3.38. The van der Waals surface area contributed by atoms with E-state index in [4.69, 9.17) is 0 Å². The van der Waals surface area contributed by atoms with Gasteiger partial charge in [-0.3, -0.25) is 0 Å². The first-order valence-electron chi connectivity index (χ1n) is 8.64. The van der Waals surface area contributed by atoms with Crippen molar-refractivity contribution in [2.45, 2.75) is 59.4 Å². The summed E-state index contributed by atoms with van der Waals surface area (Å²) in [4.78, 5) is 2.55. The van der Waals surface area contributed by atoms with Crippen molar-refractivity contribution in [1.29, 1.82) is 0 Å². The van der Waals surface area contributed by atoms with Crippen molar-refractivity contribution >= 4 is 5.69 Å². The topological polar surface area (TPSA) is 15.3 Å². The van der Waals surface area contributed by atoms with E-state index in [2.05, 4.69) is 62.2 Å². The summed E-state index contributed by atoms with van der Waals surface area (Å²) in [5.41, 5.74) is 3.26. The highest BCUT2D eigenvalue weighted by Crippen LogP contribution is 2.32. The normalized spacial score (nSPS) is 19.5. The lowest BCUT2D eigenvalue weighted by Crippen LogP contribution is -2.40. The molecule has 2 nitrogen and oxygen atoms in total. The predicted molar refractivity (Wildman–Crippen MR) is 93.0 cm³/mol. The third-order valence-corrected chi connectivity index (χ3v) is 4.61. The van der Waals surface area contributed by atoms with Crippen LogP contribution in [0, 0.1) is 5.41 Å². The van der Waals surface area contributed by atoms with Crippen molar-refractivity contribution in [3.63, 3.8) is 0 Å². The van der Waals surface area contributed by atoms with E-state index in [1.807, 2.05) is 0 Å². The molecular formula is C19H32N2. The zero-order chi connectivity index (χ0) is 15.3. The van der Waals surface area contributed by atoms with Gasteiger partial charge in [-0.1, -0.05) is 39.8 Å². The summed E-state index contributed by atoms with van der Waals surface area (Å²) in [7, 11) is 0. The van der Waals surface area contributed by atoms with Crippen LogP contribution in [0.3, 0.4) is 0 Å². The second kappa shape index (κ2) is 7.31. The Morgan fingerprint density at radius 3 is 2.48 bits per heavy atom. The molecule has 1 heterocycles. The SMILES string of the molecule is CCCNC(CC)c1ccc(N2CCCC(C)(C)C2)cc1. The van der Waals surface area contributed by atoms with Crippen LogP contribution in [0.5, 0.6) is 0 Å². The number of hydrogen-bond acceptors (Lipinski definition) is 2. The van der Waals surface area contributed by atoms with E-state index < -0.39 is 0 Å². The van der Waals surface area contributed by atoms with Gasteiger partial charge < -0.3 is 10.2 Å². The lowest BCUT2D eigenvalue weighted by molar-refractivity contribution is 0.293. The Morgan fingerprint density at radius 1 is 1.19 bits per heavy atom. The fourth-order valence-electron chi connectivity index (χ4n) is 3.38. The molecule has 0 radical (unpaired) electrons. The molecule has 1 unspecified atom stereocenters. The highest BCUT2D eigenvalue weighted by Gasteiger charge is 2.26. The van der Waals surface area contributed by atoms with E-state index in [1.54, 1.807) is 0 Å². The summed E-state index contributed by atoms with van der Waals surface area (Å²) in [6, 6.07) is 9.75. The number of nitrogens with zero attached hydrogens (tertiary/aromatic N) is 1. The van der Waals surface area contributed by atoms with Gasteiger partial charge in [-0.15, -0.1) is 0 Å². The molecule has 0 amide bonds. The molecule has 0 aliphatic carbocycles. The second-order valence-corrected chi connectivity index (χ2v) is 7.20. The first-order valence-corrected chi connectivity index (χ1v) is 8.64. The van der Waals surface area contributed by atoms with Gasteiger partial charge >= 0.3 is 0 Å². The average molecular weight is 288 g/mol. The fraction of sp³-hybridized carbons (Fsp3) is 0.684. The number of hydrogen-bond donors (Lipinski definition) is 1. The molecule has 0 aromatic heterocycles. The largest absolute Gasteiger partial charge is 0.371 e. The summed E-state index contributed by atoms with van der Waals surface area (Å²) >= 11 is 0. The molecule has 2 rings (SSSR count). The Hall–Kier alpha value is -1.02. The van der Waals surface area contributed by atoms with Gasteiger partial charge in [0.05, 0.1) is 0 Å². The Labute approximate surface area is 130 Å². The van der Waals surface area contributed by atoms with Crippen LogP contribution in [0.15, 0.2) is 24.3 Å². The zero-order valence-corrected chi connectivity index (χ0v) is 14.3. The van der Waals surface area contributed by atoms with Gasteiger partial charge in [0, 0.05) is 24.8 Å². The van der Waals surface area contributed by atoms with Gasteiger partial charge in [0.1, 0.15) is 0 Å². The summed E-state index contributed by atoms with van der Waals surface area (Å²) in [6.45, 7) is 12.7. The van der Waals surface area contributed by atoms with Crippen LogP contribution in [-0.4, -0.2) is 19.6 Å². The van der Waals surface area contributed by atoms with Crippen LogP contribution < -0.4 is 10.2 Å². The Balaban J connectivity index is 2.04. The number of benzene rings is 1. The number of piperidine rings is 1. The van der Waals surface area contributed by atoms with Gasteiger partial charge in [0.25, 0.3) is 0 Å².